The number of hydrogen-bond acceptors (Lipinski definition) is 4. The molecule has 0 saturated heterocycles. The van der Waals surface area contributed by atoms with Crippen molar-refractivity contribution in [2.45, 2.75) is 19.8 Å². The first-order valence-electron chi connectivity index (χ1n) is 7.22. The van der Waals surface area contributed by atoms with E-state index in [1.165, 1.54) is 6.21 Å². The molecular formula is C17H18N4O2. The number of carbonyl (C=O) groups excluding carboxylic acids is 2. The molecule has 0 unspecified atom stereocenters. The van der Waals surface area contributed by atoms with Crippen LogP contribution in [0.1, 0.15) is 24.0 Å². The van der Waals surface area contributed by atoms with Gasteiger partial charge in [-0.05, 0) is 30.7 Å². The third-order valence-electron chi connectivity index (χ3n) is 2.97. The highest BCUT2D eigenvalue weighted by Gasteiger charge is 2.06. The van der Waals surface area contributed by atoms with E-state index in [1.807, 2.05) is 37.3 Å². The fourth-order valence-electron chi connectivity index (χ4n) is 1.86. The molecule has 2 N–H and O–H groups in total. The van der Waals surface area contributed by atoms with Gasteiger partial charge in [0.25, 0.3) is 0 Å². The Hall–Kier alpha value is -3.02. The number of nitrogens with zero attached hydrogens (tertiary/aromatic N) is 2. The summed E-state index contributed by atoms with van der Waals surface area (Å²) in [4.78, 5) is 27.3. The summed E-state index contributed by atoms with van der Waals surface area (Å²) in [6.45, 7) is 1.95. The Labute approximate surface area is 134 Å². The third kappa shape index (κ3) is 6.09. The predicted octanol–water partition coefficient (Wildman–Crippen LogP) is 2.26. The molecule has 0 spiro atoms. The molecule has 0 saturated carbocycles. The van der Waals surface area contributed by atoms with E-state index in [4.69, 9.17) is 0 Å². The molecule has 1 aromatic carbocycles. The van der Waals surface area contributed by atoms with Crippen LogP contribution in [0, 0.1) is 6.92 Å². The van der Waals surface area contributed by atoms with Crippen LogP contribution >= 0.6 is 0 Å². The molecule has 6 heteroatoms. The third-order valence-corrected chi connectivity index (χ3v) is 2.97. The standard InChI is InChI=1S/C17H18N4O2/c1-13-4-2-6-15(10-13)20-16(22)7-8-17(23)21-19-12-14-5-3-9-18-11-14/h2-6,9-12H,7-8H2,1H3,(H,20,22)(H,21,23)/b19-12+. The van der Waals surface area contributed by atoms with Crippen molar-refractivity contribution in [1.29, 1.82) is 0 Å². The maximum absolute atomic E-state index is 11.8. The molecule has 23 heavy (non-hydrogen) atoms. The molecule has 2 aromatic rings. The van der Waals surface area contributed by atoms with Crippen molar-refractivity contribution in [3.05, 3.63) is 59.9 Å². The summed E-state index contributed by atoms with van der Waals surface area (Å²) in [5.74, 6) is -0.522. The van der Waals surface area contributed by atoms with Gasteiger partial charge in [0.1, 0.15) is 0 Å². The van der Waals surface area contributed by atoms with Crippen LogP contribution < -0.4 is 10.7 Å². The van der Waals surface area contributed by atoms with Crippen LogP contribution in [-0.2, 0) is 9.59 Å². The number of pyridine rings is 1. The number of hydrazone groups is 1. The fraction of sp³-hybridized carbons (Fsp3) is 0.176. The van der Waals surface area contributed by atoms with Gasteiger partial charge < -0.3 is 5.32 Å². The summed E-state index contributed by atoms with van der Waals surface area (Å²) in [5.41, 5.74) is 4.95. The van der Waals surface area contributed by atoms with E-state index in [1.54, 1.807) is 18.5 Å². The number of hydrogen-bond donors (Lipinski definition) is 2. The molecule has 1 aromatic heterocycles. The summed E-state index contributed by atoms with van der Waals surface area (Å²) >= 11 is 0. The minimum Gasteiger partial charge on any atom is -0.326 e. The van der Waals surface area contributed by atoms with Crippen LogP contribution in [0.15, 0.2) is 53.9 Å². The SMILES string of the molecule is Cc1cccc(NC(=O)CCC(=O)N/N=C/c2cccnc2)c1. The van der Waals surface area contributed by atoms with E-state index in [9.17, 15) is 9.59 Å². The minimum atomic E-state index is -0.315. The molecule has 6 nitrogen and oxygen atoms in total. The second-order valence-electron chi connectivity index (χ2n) is 5.00. The zero-order valence-corrected chi connectivity index (χ0v) is 12.8. The van der Waals surface area contributed by atoms with Crippen molar-refractivity contribution < 1.29 is 9.59 Å². The van der Waals surface area contributed by atoms with Crippen molar-refractivity contribution in [2.75, 3.05) is 5.32 Å². The average molecular weight is 310 g/mol. The lowest BCUT2D eigenvalue weighted by atomic mass is 10.2. The molecule has 0 aliphatic rings. The monoisotopic (exact) mass is 310 g/mol. The molecule has 118 valence electrons. The van der Waals surface area contributed by atoms with Gasteiger partial charge in [0.2, 0.25) is 11.8 Å². The zero-order chi connectivity index (χ0) is 16.5. The molecule has 0 fully saturated rings. The van der Waals surface area contributed by atoms with Gasteiger partial charge in [-0.3, -0.25) is 14.6 Å². The molecule has 0 atom stereocenters. The topological polar surface area (TPSA) is 83.5 Å². The number of benzene rings is 1. The highest BCUT2D eigenvalue weighted by atomic mass is 16.2. The first-order chi connectivity index (χ1) is 11.1. The number of aromatic nitrogens is 1. The summed E-state index contributed by atoms with van der Waals surface area (Å²) in [6.07, 6.45) is 4.95. The number of rotatable bonds is 6. The van der Waals surface area contributed by atoms with Crippen LogP contribution in [0.3, 0.4) is 0 Å². The highest BCUT2D eigenvalue weighted by Crippen LogP contribution is 2.10. The Balaban J connectivity index is 1.71. The van der Waals surface area contributed by atoms with Gasteiger partial charge in [-0.15, -0.1) is 0 Å². The highest BCUT2D eigenvalue weighted by molar-refractivity contribution is 5.93. The smallest absolute Gasteiger partial charge is 0.240 e. The van der Waals surface area contributed by atoms with Crippen molar-refractivity contribution in [2.24, 2.45) is 5.10 Å². The number of carbonyl (C=O) groups is 2. The van der Waals surface area contributed by atoms with E-state index in [2.05, 4.69) is 20.8 Å². The Morgan fingerprint density at radius 1 is 1.17 bits per heavy atom. The number of amides is 2. The lowest BCUT2D eigenvalue weighted by Crippen LogP contribution is -2.20. The van der Waals surface area contributed by atoms with Crippen molar-refractivity contribution in [3.8, 4) is 0 Å². The van der Waals surface area contributed by atoms with Crippen LogP contribution in [0.2, 0.25) is 0 Å². The Kier molecular flexibility index (Phi) is 5.99. The average Bonchev–Trinajstić information content (AvgIpc) is 2.54. The number of aryl methyl sites for hydroxylation is 1. The summed E-state index contributed by atoms with van der Waals surface area (Å²) in [6, 6.07) is 11.1. The Morgan fingerprint density at radius 2 is 2.00 bits per heavy atom. The number of nitrogens with one attached hydrogen (secondary N) is 2. The lowest BCUT2D eigenvalue weighted by Gasteiger charge is -2.05. The molecule has 1 heterocycles. The minimum absolute atomic E-state index is 0.0715. The molecular weight excluding hydrogens is 292 g/mol. The van der Waals surface area contributed by atoms with Gasteiger partial charge in [0.15, 0.2) is 0 Å². The Bertz CT molecular complexity index is 699. The van der Waals surface area contributed by atoms with Gasteiger partial charge in [0.05, 0.1) is 6.21 Å². The molecule has 0 aliphatic carbocycles. The Morgan fingerprint density at radius 3 is 2.74 bits per heavy atom. The largest absolute Gasteiger partial charge is 0.326 e. The normalized spacial score (nSPS) is 10.5. The summed E-state index contributed by atoms with van der Waals surface area (Å²) in [5, 5.41) is 6.57. The first-order valence-corrected chi connectivity index (χ1v) is 7.22. The predicted molar refractivity (Wildman–Crippen MR) is 89.0 cm³/mol. The second-order valence-corrected chi connectivity index (χ2v) is 5.00. The second kappa shape index (κ2) is 8.43. The van der Waals surface area contributed by atoms with Crippen LogP contribution in [0.25, 0.3) is 0 Å². The number of anilines is 1. The van der Waals surface area contributed by atoms with Gasteiger partial charge in [-0.1, -0.05) is 18.2 Å². The van der Waals surface area contributed by atoms with Gasteiger partial charge in [-0.2, -0.15) is 5.10 Å². The lowest BCUT2D eigenvalue weighted by molar-refractivity contribution is -0.124. The van der Waals surface area contributed by atoms with Gasteiger partial charge >= 0.3 is 0 Å². The van der Waals surface area contributed by atoms with Gasteiger partial charge in [-0.25, -0.2) is 5.43 Å². The molecule has 0 bridgehead atoms. The first kappa shape index (κ1) is 16.4. The van der Waals surface area contributed by atoms with Gasteiger partial charge in [0, 0.05) is 36.5 Å². The van der Waals surface area contributed by atoms with Crippen LogP contribution in [0.4, 0.5) is 5.69 Å². The maximum Gasteiger partial charge on any atom is 0.240 e. The molecule has 0 radical (unpaired) electrons. The van der Waals surface area contributed by atoms with E-state index in [-0.39, 0.29) is 24.7 Å². The quantitative estimate of drug-likeness (QED) is 0.634. The molecule has 0 aliphatic heterocycles. The summed E-state index contributed by atoms with van der Waals surface area (Å²) in [7, 11) is 0. The molecule has 2 rings (SSSR count). The van der Waals surface area contributed by atoms with Crippen molar-refractivity contribution in [3.63, 3.8) is 0 Å². The van der Waals surface area contributed by atoms with Crippen molar-refractivity contribution in [1.82, 2.24) is 10.4 Å². The van der Waals surface area contributed by atoms with E-state index in [0.29, 0.717) is 0 Å². The fourth-order valence-corrected chi connectivity index (χ4v) is 1.86. The van der Waals surface area contributed by atoms with Crippen LogP contribution in [0.5, 0.6) is 0 Å². The van der Waals surface area contributed by atoms with E-state index in [0.717, 1.165) is 16.8 Å². The summed E-state index contributed by atoms with van der Waals surface area (Å²) < 4.78 is 0. The van der Waals surface area contributed by atoms with E-state index < -0.39 is 0 Å². The van der Waals surface area contributed by atoms with E-state index >= 15 is 0 Å². The zero-order valence-electron chi connectivity index (χ0n) is 12.8. The molecule has 2 amide bonds. The van der Waals surface area contributed by atoms with Crippen molar-refractivity contribution >= 4 is 23.7 Å². The maximum atomic E-state index is 11.8. The van der Waals surface area contributed by atoms with Crippen LogP contribution in [-0.4, -0.2) is 23.0 Å².